The zero-order valence-corrected chi connectivity index (χ0v) is 9.43. The summed E-state index contributed by atoms with van der Waals surface area (Å²) in [4.78, 5) is 23.1. The molecule has 0 saturated carbocycles. The molecule has 1 N–H and O–H groups in total. The summed E-state index contributed by atoms with van der Waals surface area (Å²) in [6.45, 7) is 2.97. The highest BCUT2D eigenvalue weighted by atomic mass is 32.1. The van der Waals surface area contributed by atoms with Gasteiger partial charge in [-0.3, -0.25) is 9.59 Å². The van der Waals surface area contributed by atoms with Crippen LogP contribution in [0.3, 0.4) is 0 Å². The van der Waals surface area contributed by atoms with Gasteiger partial charge in [0.05, 0.1) is 6.42 Å². The summed E-state index contributed by atoms with van der Waals surface area (Å²) in [7, 11) is 0. The monoisotopic (exact) mass is 224 g/mol. The van der Waals surface area contributed by atoms with Gasteiger partial charge in [0.15, 0.2) is 5.78 Å². The number of nitrogens with one attached hydrogen (secondary N) is 1. The lowest BCUT2D eigenvalue weighted by atomic mass is 10.3. The molecule has 0 spiro atoms. The van der Waals surface area contributed by atoms with E-state index in [4.69, 9.17) is 0 Å². The van der Waals surface area contributed by atoms with Crippen LogP contribution in [0.5, 0.6) is 0 Å². The Balaban J connectivity index is 2.44. The molecule has 0 aliphatic heterocycles. The quantitative estimate of drug-likeness (QED) is 0.620. The Morgan fingerprint density at radius 2 is 2.20 bits per heavy atom. The summed E-state index contributed by atoms with van der Waals surface area (Å²) in [6.07, 6.45) is 0.298. The molecule has 5 heteroatoms. The lowest BCUT2D eigenvalue weighted by Gasteiger charge is -1.98. The second kappa shape index (κ2) is 5.41. The fourth-order valence-corrected chi connectivity index (χ4v) is 1.54. The van der Waals surface area contributed by atoms with E-state index in [1.165, 1.54) is 18.3 Å². The second-order valence-electron chi connectivity index (χ2n) is 3.04. The predicted octanol–water partition coefficient (Wildman–Crippen LogP) is 1.37. The molecule has 0 aliphatic rings. The van der Waals surface area contributed by atoms with Gasteiger partial charge in [0.25, 0.3) is 0 Å². The third-order valence-electron chi connectivity index (χ3n) is 1.77. The molecule has 1 rings (SSSR count). The standard InChI is InChI=1S/C10H12N2O2S/c1-7(8(2)13)11-12-10(14)6-9-4-3-5-15-9/h3-5H,6H2,1-2H3,(H,12,14)/b11-7+. The number of thiophene rings is 1. The van der Waals surface area contributed by atoms with E-state index in [1.54, 1.807) is 6.92 Å². The Morgan fingerprint density at radius 1 is 1.47 bits per heavy atom. The van der Waals surface area contributed by atoms with Crippen LogP contribution in [-0.4, -0.2) is 17.4 Å². The smallest absolute Gasteiger partial charge is 0.245 e. The predicted molar refractivity (Wildman–Crippen MR) is 60.0 cm³/mol. The van der Waals surface area contributed by atoms with Crippen molar-refractivity contribution in [1.82, 2.24) is 5.43 Å². The number of hydrogen-bond donors (Lipinski definition) is 1. The van der Waals surface area contributed by atoms with Crippen molar-refractivity contribution >= 4 is 28.7 Å². The number of carbonyl (C=O) groups is 2. The zero-order chi connectivity index (χ0) is 11.3. The van der Waals surface area contributed by atoms with E-state index in [0.717, 1.165) is 4.88 Å². The van der Waals surface area contributed by atoms with Crippen LogP contribution >= 0.6 is 11.3 Å². The van der Waals surface area contributed by atoms with Crippen LogP contribution in [0.2, 0.25) is 0 Å². The fourth-order valence-electron chi connectivity index (χ4n) is 0.836. The van der Waals surface area contributed by atoms with E-state index < -0.39 is 0 Å². The summed E-state index contributed by atoms with van der Waals surface area (Å²) in [5.41, 5.74) is 2.64. The van der Waals surface area contributed by atoms with Gasteiger partial charge in [-0.05, 0) is 18.4 Å². The molecular weight excluding hydrogens is 212 g/mol. The minimum atomic E-state index is -0.210. The van der Waals surface area contributed by atoms with Gasteiger partial charge in [-0.25, -0.2) is 5.43 Å². The van der Waals surface area contributed by atoms with E-state index in [0.29, 0.717) is 12.1 Å². The maximum atomic E-state index is 11.3. The Morgan fingerprint density at radius 3 is 2.73 bits per heavy atom. The van der Waals surface area contributed by atoms with Crippen molar-refractivity contribution in [2.45, 2.75) is 20.3 Å². The number of hydrogen-bond acceptors (Lipinski definition) is 4. The van der Waals surface area contributed by atoms with E-state index in [-0.39, 0.29) is 11.7 Å². The maximum absolute atomic E-state index is 11.3. The highest BCUT2D eigenvalue weighted by molar-refractivity contribution is 7.10. The number of nitrogens with zero attached hydrogens (tertiary/aromatic N) is 1. The van der Waals surface area contributed by atoms with Crippen LogP contribution < -0.4 is 5.43 Å². The van der Waals surface area contributed by atoms with Gasteiger partial charge in [0, 0.05) is 11.8 Å². The Bertz CT molecular complexity index is 382. The van der Waals surface area contributed by atoms with Crippen molar-refractivity contribution in [2.75, 3.05) is 0 Å². The molecule has 0 unspecified atom stereocenters. The summed E-state index contributed by atoms with van der Waals surface area (Å²) in [5.74, 6) is -0.357. The second-order valence-corrected chi connectivity index (χ2v) is 4.08. The molecule has 80 valence electrons. The Hall–Kier alpha value is -1.49. The average Bonchev–Trinajstić information content (AvgIpc) is 2.66. The van der Waals surface area contributed by atoms with E-state index >= 15 is 0 Å². The normalized spacial score (nSPS) is 11.2. The number of amides is 1. The van der Waals surface area contributed by atoms with Crippen molar-refractivity contribution in [3.8, 4) is 0 Å². The van der Waals surface area contributed by atoms with E-state index in [9.17, 15) is 9.59 Å². The highest BCUT2D eigenvalue weighted by Crippen LogP contribution is 2.08. The summed E-state index contributed by atoms with van der Waals surface area (Å²) >= 11 is 1.52. The lowest BCUT2D eigenvalue weighted by Crippen LogP contribution is -2.22. The minimum Gasteiger partial charge on any atom is -0.293 e. The average molecular weight is 224 g/mol. The number of carbonyl (C=O) groups excluding carboxylic acids is 2. The molecule has 15 heavy (non-hydrogen) atoms. The minimum absolute atomic E-state index is 0.147. The first-order valence-electron chi connectivity index (χ1n) is 4.46. The van der Waals surface area contributed by atoms with Crippen molar-refractivity contribution in [3.05, 3.63) is 22.4 Å². The molecule has 0 saturated heterocycles. The van der Waals surface area contributed by atoms with Crippen molar-refractivity contribution in [1.29, 1.82) is 0 Å². The Labute approximate surface area is 92.0 Å². The topological polar surface area (TPSA) is 58.5 Å². The first kappa shape index (κ1) is 11.6. The number of rotatable bonds is 4. The van der Waals surface area contributed by atoms with Crippen LogP contribution in [0.25, 0.3) is 0 Å². The molecule has 1 heterocycles. The molecule has 1 aromatic rings. The third kappa shape index (κ3) is 4.03. The molecular formula is C10H12N2O2S. The van der Waals surface area contributed by atoms with E-state index in [2.05, 4.69) is 10.5 Å². The van der Waals surface area contributed by atoms with Gasteiger partial charge in [-0.2, -0.15) is 5.10 Å². The first-order chi connectivity index (χ1) is 7.09. The molecule has 0 aliphatic carbocycles. The molecule has 0 bridgehead atoms. The van der Waals surface area contributed by atoms with Gasteiger partial charge in [-0.15, -0.1) is 11.3 Å². The van der Waals surface area contributed by atoms with Crippen molar-refractivity contribution in [3.63, 3.8) is 0 Å². The van der Waals surface area contributed by atoms with E-state index in [1.807, 2.05) is 17.5 Å². The fraction of sp³-hybridized carbons (Fsp3) is 0.300. The van der Waals surface area contributed by atoms with Crippen molar-refractivity contribution in [2.24, 2.45) is 5.10 Å². The first-order valence-corrected chi connectivity index (χ1v) is 5.34. The number of hydrazone groups is 1. The van der Waals surface area contributed by atoms with Crippen LogP contribution in [0.1, 0.15) is 18.7 Å². The molecule has 1 aromatic heterocycles. The summed E-state index contributed by atoms with van der Waals surface area (Å²) in [5, 5.41) is 5.59. The van der Waals surface area contributed by atoms with Crippen LogP contribution in [0.4, 0.5) is 0 Å². The molecule has 0 fully saturated rings. The SMILES string of the molecule is CC(=O)/C(C)=N/NC(=O)Cc1cccs1. The maximum Gasteiger partial charge on any atom is 0.245 e. The molecule has 0 aromatic carbocycles. The van der Waals surface area contributed by atoms with Gasteiger partial charge in [0.2, 0.25) is 5.91 Å². The van der Waals surface area contributed by atoms with Crippen LogP contribution in [0, 0.1) is 0 Å². The molecule has 4 nitrogen and oxygen atoms in total. The van der Waals surface area contributed by atoms with Crippen molar-refractivity contribution < 1.29 is 9.59 Å². The molecule has 1 amide bonds. The lowest BCUT2D eigenvalue weighted by molar-refractivity contribution is -0.120. The van der Waals surface area contributed by atoms with Gasteiger partial charge >= 0.3 is 0 Å². The van der Waals surface area contributed by atoms with Gasteiger partial charge in [0.1, 0.15) is 5.71 Å². The van der Waals surface area contributed by atoms with Crippen LogP contribution in [0.15, 0.2) is 22.6 Å². The highest BCUT2D eigenvalue weighted by Gasteiger charge is 2.04. The number of Topliss-reactive ketones (excluding diaryl/α,β-unsaturated/α-hetero) is 1. The molecule has 0 radical (unpaired) electrons. The Kier molecular flexibility index (Phi) is 4.17. The van der Waals surface area contributed by atoms with Crippen LogP contribution in [-0.2, 0) is 16.0 Å². The van der Waals surface area contributed by atoms with Gasteiger partial charge < -0.3 is 0 Å². The number of ketones is 1. The largest absolute Gasteiger partial charge is 0.293 e. The summed E-state index contributed by atoms with van der Waals surface area (Å²) < 4.78 is 0. The zero-order valence-electron chi connectivity index (χ0n) is 8.61. The van der Waals surface area contributed by atoms with Gasteiger partial charge in [-0.1, -0.05) is 6.07 Å². The summed E-state index contributed by atoms with van der Waals surface area (Å²) in [6, 6.07) is 3.77. The third-order valence-corrected chi connectivity index (χ3v) is 2.65. The molecule has 0 atom stereocenters.